The second-order valence-corrected chi connectivity index (χ2v) is 11.2. The van der Waals surface area contributed by atoms with Crippen LogP contribution in [0.1, 0.15) is 25.0 Å². The van der Waals surface area contributed by atoms with Crippen molar-refractivity contribution in [1.82, 2.24) is 0 Å². The molecule has 11 heavy (non-hydrogen) atoms. The predicted octanol–water partition coefficient (Wildman–Crippen LogP) is 1.60. The minimum atomic E-state index is 0.493. The van der Waals surface area contributed by atoms with Crippen LogP contribution < -0.4 is 0 Å². The molecule has 0 aliphatic rings. The quantitative estimate of drug-likeness (QED) is 0.668. The zero-order chi connectivity index (χ0) is 8.48. The van der Waals surface area contributed by atoms with Gasteiger partial charge in [0.15, 0.2) is 0 Å². The second kappa shape index (κ2) is 3.18. The SMILES string of the molecule is Cc1ccccc1[C](C)(C)[SnH3]. The molecule has 0 unspecified atom stereocenters. The van der Waals surface area contributed by atoms with Gasteiger partial charge in [0.2, 0.25) is 0 Å². The van der Waals surface area contributed by atoms with Crippen LogP contribution in [0.4, 0.5) is 0 Å². The van der Waals surface area contributed by atoms with Crippen LogP contribution in [-0.4, -0.2) is 22.5 Å². The Labute approximate surface area is 82.1 Å². The summed E-state index contributed by atoms with van der Waals surface area (Å²) in [6, 6.07) is 8.71. The van der Waals surface area contributed by atoms with Crippen molar-refractivity contribution in [2.24, 2.45) is 0 Å². The Morgan fingerprint density at radius 1 is 1.18 bits per heavy atom. The van der Waals surface area contributed by atoms with Crippen LogP contribution in [-0.2, 0) is 3.43 Å². The van der Waals surface area contributed by atoms with Crippen LogP contribution in [0.15, 0.2) is 24.3 Å². The van der Waals surface area contributed by atoms with E-state index in [9.17, 15) is 0 Å². The van der Waals surface area contributed by atoms with Crippen LogP contribution in [0.25, 0.3) is 0 Å². The first kappa shape index (κ1) is 9.11. The molecular formula is C10H16Sn. The first-order chi connectivity index (χ1) is 5.02. The van der Waals surface area contributed by atoms with Gasteiger partial charge in [-0.1, -0.05) is 0 Å². The summed E-state index contributed by atoms with van der Waals surface area (Å²) in [5, 5.41) is 0. The molecule has 0 aromatic heterocycles. The number of rotatable bonds is 1. The van der Waals surface area contributed by atoms with E-state index in [0.717, 1.165) is 0 Å². The van der Waals surface area contributed by atoms with E-state index < -0.39 is 0 Å². The predicted molar refractivity (Wildman–Crippen MR) is 54.1 cm³/mol. The summed E-state index contributed by atoms with van der Waals surface area (Å²) in [4.78, 5) is 0. The van der Waals surface area contributed by atoms with Crippen LogP contribution in [0, 0.1) is 6.92 Å². The van der Waals surface area contributed by atoms with Gasteiger partial charge in [-0.15, -0.1) is 0 Å². The van der Waals surface area contributed by atoms with E-state index in [-0.39, 0.29) is 0 Å². The van der Waals surface area contributed by atoms with E-state index in [2.05, 4.69) is 45.0 Å². The molecule has 0 radical (unpaired) electrons. The van der Waals surface area contributed by atoms with Crippen LogP contribution >= 0.6 is 0 Å². The summed E-state index contributed by atoms with van der Waals surface area (Å²) in [7, 11) is 0. The molecule has 0 amide bonds. The monoisotopic (exact) mass is 256 g/mol. The maximum atomic E-state index is 2.34. The van der Waals surface area contributed by atoms with E-state index in [1.165, 1.54) is 11.1 Å². The molecule has 0 aliphatic heterocycles. The van der Waals surface area contributed by atoms with Crippen LogP contribution in [0.5, 0.6) is 0 Å². The normalized spacial score (nSPS) is 11.9. The van der Waals surface area contributed by atoms with E-state index in [0.29, 0.717) is 26.0 Å². The summed E-state index contributed by atoms with van der Waals surface area (Å²) in [6.07, 6.45) is 0. The molecule has 1 aromatic carbocycles. The van der Waals surface area contributed by atoms with Gasteiger partial charge in [-0.25, -0.2) is 0 Å². The molecule has 0 nitrogen and oxygen atoms in total. The number of hydrogen-bond acceptors (Lipinski definition) is 0. The Morgan fingerprint density at radius 3 is 2.09 bits per heavy atom. The van der Waals surface area contributed by atoms with Gasteiger partial charge in [-0.2, -0.15) is 0 Å². The third-order valence-corrected chi connectivity index (χ3v) is 3.49. The summed E-state index contributed by atoms with van der Waals surface area (Å²) in [6.45, 7) is 6.88. The van der Waals surface area contributed by atoms with Crippen molar-refractivity contribution in [3.05, 3.63) is 35.4 Å². The molecule has 0 atom stereocenters. The van der Waals surface area contributed by atoms with Crippen molar-refractivity contribution in [2.75, 3.05) is 0 Å². The van der Waals surface area contributed by atoms with Crippen molar-refractivity contribution in [3.63, 3.8) is 0 Å². The Morgan fingerprint density at radius 2 is 1.73 bits per heavy atom. The molecule has 0 bridgehead atoms. The summed E-state index contributed by atoms with van der Waals surface area (Å²) < 4.78 is 0.493. The van der Waals surface area contributed by atoms with Crippen LogP contribution in [0.3, 0.4) is 0 Å². The molecule has 0 aliphatic carbocycles. The Bertz CT molecular complexity index is 245. The molecule has 1 rings (SSSR count). The van der Waals surface area contributed by atoms with Crippen LogP contribution in [0.2, 0.25) is 0 Å². The Balaban J connectivity index is 3.14. The van der Waals surface area contributed by atoms with E-state index in [4.69, 9.17) is 0 Å². The van der Waals surface area contributed by atoms with Crippen molar-refractivity contribution < 1.29 is 0 Å². The molecule has 0 N–H and O–H groups in total. The minimum absolute atomic E-state index is 0.493. The van der Waals surface area contributed by atoms with Gasteiger partial charge in [0.25, 0.3) is 0 Å². The van der Waals surface area contributed by atoms with Crippen molar-refractivity contribution in [2.45, 2.75) is 24.2 Å². The van der Waals surface area contributed by atoms with Gasteiger partial charge in [0.1, 0.15) is 0 Å². The average molecular weight is 255 g/mol. The molecule has 1 aromatic rings. The summed E-state index contributed by atoms with van der Waals surface area (Å²) in [5.41, 5.74) is 2.98. The molecule has 1 heteroatoms. The standard InChI is InChI=1S/C10H13.Sn.3H/c1-8(2)10-7-5-4-6-9(10)3;;;;/h4-7H,1-3H3;;;;. The topological polar surface area (TPSA) is 0 Å². The van der Waals surface area contributed by atoms with E-state index >= 15 is 0 Å². The molecule has 60 valence electrons. The van der Waals surface area contributed by atoms with E-state index in [1.807, 2.05) is 0 Å². The third kappa shape index (κ3) is 2.22. The van der Waals surface area contributed by atoms with Gasteiger partial charge < -0.3 is 0 Å². The summed E-state index contributed by atoms with van der Waals surface area (Å²) in [5.74, 6) is 0. The first-order valence-electron chi connectivity index (χ1n) is 4.08. The molecule has 0 heterocycles. The average Bonchev–Trinajstić information content (AvgIpc) is 1.86. The van der Waals surface area contributed by atoms with Gasteiger partial charge in [-0.3, -0.25) is 0 Å². The zero-order valence-electron chi connectivity index (χ0n) is 7.81. The Hall–Kier alpha value is 0.0187. The fourth-order valence-corrected chi connectivity index (χ4v) is 3.02. The number of benzene rings is 1. The fraction of sp³-hybridized carbons (Fsp3) is 0.400. The van der Waals surface area contributed by atoms with Crippen molar-refractivity contribution in [3.8, 4) is 0 Å². The zero-order valence-corrected chi connectivity index (χ0v) is 13.5. The van der Waals surface area contributed by atoms with Gasteiger partial charge in [0.05, 0.1) is 0 Å². The van der Waals surface area contributed by atoms with Gasteiger partial charge >= 0.3 is 82.1 Å². The fourth-order valence-electron chi connectivity index (χ4n) is 1.41. The molecule has 0 saturated carbocycles. The second-order valence-electron chi connectivity index (χ2n) is 4.06. The molecule has 0 saturated heterocycles. The molecule has 0 spiro atoms. The first-order valence-corrected chi connectivity index (χ1v) is 6.93. The van der Waals surface area contributed by atoms with Crippen molar-refractivity contribution in [1.29, 1.82) is 0 Å². The summed E-state index contributed by atoms with van der Waals surface area (Å²) >= 11 is 0.686. The van der Waals surface area contributed by atoms with Crippen molar-refractivity contribution >= 4 is 22.5 Å². The number of aryl methyl sites for hydroxylation is 1. The molecular weight excluding hydrogens is 239 g/mol. The van der Waals surface area contributed by atoms with Gasteiger partial charge in [-0.05, 0) is 0 Å². The maximum absolute atomic E-state index is 2.34. The Kier molecular flexibility index (Phi) is 2.63. The van der Waals surface area contributed by atoms with E-state index in [1.54, 1.807) is 0 Å². The number of hydrogen-bond donors (Lipinski definition) is 0. The van der Waals surface area contributed by atoms with Gasteiger partial charge in [0, 0.05) is 0 Å². The third-order valence-electron chi connectivity index (χ3n) is 1.95. The molecule has 0 fully saturated rings.